The molecule has 0 aliphatic heterocycles. The molecule has 0 bridgehead atoms. The van der Waals surface area contributed by atoms with Crippen LogP contribution in [0.1, 0.15) is 18.4 Å². The number of benzene rings is 1. The summed E-state index contributed by atoms with van der Waals surface area (Å²) in [5.74, 6) is -2.87. The number of nitrogens with one attached hydrogen (secondary N) is 1. The van der Waals surface area contributed by atoms with Gasteiger partial charge in [0.15, 0.2) is 0 Å². The molecule has 0 unspecified atom stereocenters. The van der Waals surface area contributed by atoms with Crippen LogP contribution in [0.25, 0.3) is 10.9 Å². The van der Waals surface area contributed by atoms with Crippen LogP contribution >= 0.6 is 0 Å². The number of hydrogen-bond donors (Lipinski definition) is 3. The molecule has 1 heterocycles. The molecule has 0 saturated carbocycles. The molecule has 24 heavy (non-hydrogen) atoms. The molecule has 0 radical (unpaired) electrons. The minimum absolute atomic E-state index is 0.0340. The number of para-hydroxylation sites is 1. The van der Waals surface area contributed by atoms with Gasteiger partial charge in [0.1, 0.15) is 13.2 Å². The van der Waals surface area contributed by atoms with E-state index in [9.17, 15) is 14.4 Å². The lowest BCUT2D eigenvalue weighted by molar-refractivity contribution is -0.143. The van der Waals surface area contributed by atoms with Gasteiger partial charge in [0.05, 0.1) is 11.9 Å². The number of carboxylic acid groups (broad SMARTS) is 2. The van der Waals surface area contributed by atoms with Crippen molar-refractivity contribution in [2.75, 3.05) is 7.11 Å². The van der Waals surface area contributed by atoms with Gasteiger partial charge in [0.2, 0.25) is 5.91 Å². The van der Waals surface area contributed by atoms with Gasteiger partial charge < -0.3 is 20.4 Å². The Morgan fingerprint density at radius 2 is 1.96 bits per heavy atom. The summed E-state index contributed by atoms with van der Waals surface area (Å²) in [7, 11) is 1.50. The molecule has 8 nitrogen and oxygen atoms in total. The second kappa shape index (κ2) is 7.49. The number of carbonyl (C=O) groups is 3. The largest absolute Gasteiger partial charge is 0.481 e. The van der Waals surface area contributed by atoms with Crippen molar-refractivity contribution in [2.24, 2.45) is 0 Å². The Hall–Kier alpha value is -3.03. The van der Waals surface area contributed by atoms with Crippen molar-refractivity contribution in [1.82, 2.24) is 10.0 Å². The van der Waals surface area contributed by atoms with E-state index in [1.165, 1.54) is 11.8 Å². The van der Waals surface area contributed by atoms with Crippen LogP contribution in [0.2, 0.25) is 0 Å². The molecule has 2 aromatic rings. The van der Waals surface area contributed by atoms with Crippen molar-refractivity contribution in [3.05, 3.63) is 36.0 Å². The van der Waals surface area contributed by atoms with E-state index in [4.69, 9.17) is 15.1 Å². The lowest BCUT2D eigenvalue weighted by atomic mass is 10.1. The van der Waals surface area contributed by atoms with Crippen LogP contribution in [0.3, 0.4) is 0 Å². The maximum absolute atomic E-state index is 12.1. The first-order valence-electron chi connectivity index (χ1n) is 7.29. The van der Waals surface area contributed by atoms with Gasteiger partial charge in [-0.1, -0.05) is 18.2 Å². The highest BCUT2D eigenvalue weighted by molar-refractivity contribution is 5.91. The smallest absolute Gasteiger partial charge is 0.326 e. The molecule has 1 aromatic carbocycles. The molecule has 3 N–H and O–H groups in total. The molecule has 2 rings (SSSR count). The number of carboxylic acids is 2. The van der Waals surface area contributed by atoms with Crippen LogP contribution in [-0.4, -0.2) is 45.9 Å². The van der Waals surface area contributed by atoms with E-state index in [0.29, 0.717) is 5.56 Å². The summed E-state index contributed by atoms with van der Waals surface area (Å²) in [5.41, 5.74) is 1.48. The number of hydrogen-bond acceptors (Lipinski definition) is 4. The molecule has 0 aliphatic rings. The van der Waals surface area contributed by atoms with Gasteiger partial charge in [-0.25, -0.2) is 4.79 Å². The summed E-state index contributed by atoms with van der Waals surface area (Å²) in [6, 6.07) is 6.12. The number of fused-ring (bicyclic) bond motifs is 1. The Kier molecular flexibility index (Phi) is 5.41. The van der Waals surface area contributed by atoms with E-state index in [0.717, 1.165) is 10.9 Å². The fraction of sp³-hybridized carbons (Fsp3) is 0.312. The van der Waals surface area contributed by atoms with Gasteiger partial charge >= 0.3 is 11.9 Å². The monoisotopic (exact) mass is 334 g/mol. The van der Waals surface area contributed by atoms with E-state index in [1.54, 1.807) is 6.20 Å². The average Bonchev–Trinajstić information content (AvgIpc) is 2.89. The number of nitrogens with zero attached hydrogens (tertiary/aromatic N) is 1. The van der Waals surface area contributed by atoms with E-state index in [-0.39, 0.29) is 19.3 Å². The third kappa shape index (κ3) is 4.03. The lowest BCUT2D eigenvalue weighted by Crippen LogP contribution is -2.41. The minimum Gasteiger partial charge on any atom is -0.481 e. The Morgan fingerprint density at radius 3 is 2.58 bits per heavy atom. The van der Waals surface area contributed by atoms with Crippen LogP contribution in [-0.2, 0) is 20.8 Å². The molecular formula is C16H18N2O6. The number of rotatable bonds is 8. The third-order valence-corrected chi connectivity index (χ3v) is 3.59. The Balaban J connectivity index is 2.11. The van der Waals surface area contributed by atoms with Gasteiger partial charge in [-0.2, -0.15) is 4.73 Å². The third-order valence-electron chi connectivity index (χ3n) is 3.59. The van der Waals surface area contributed by atoms with Crippen LogP contribution in [0, 0.1) is 0 Å². The quantitative estimate of drug-likeness (QED) is 0.653. The number of amides is 1. The summed E-state index contributed by atoms with van der Waals surface area (Å²) in [6.07, 6.45) is 1.13. The zero-order valence-corrected chi connectivity index (χ0v) is 13.1. The highest BCUT2D eigenvalue weighted by atomic mass is 16.6. The molecule has 1 atom stereocenters. The lowest BCUT2D eigenvalue weighted by Gasteiger charge is -2.13. The molecular weight excluding hydrogens is 316 g/mol. The van der Waals surface area contributed by atoms with E-state index in [1.807, 2.05) is 24.3 Å². The summed E-state index contributed by atoms with van der Waals surface area (Å²) in [4.78, 5) is 39.0. The molecule has 128 valence electrons. The van der Waals surface area contributed by atoms with Gasteiger partial charge in [-0.15, -0.1) is 0 Å². The van der Waals surface area contributed by atoms with Crippen molar-refractivity contribution in [2.45, 2.75) is 25.3 Å². The molecule has 0 fully saturated rings. The highest BCUT2D eigenvalue weighted by Gasteiger charge is 2.22. The SMILES string of the molecule is COn1cc(CC(=O)N[C@@H](CCC(=O)O)C(=O)O)c2ccccc21. The Bertz CT molecular complexity index is 767. The van der Waals surface area contributed by atoms with Crippen molar-refractivity contribution >= 4 is 28.7 Å². The molecule has 0 spiro atoms. The second-order valence-corrected chi connectivity index (χ2v) is 5.25. The van der Waals surface area contributed by atoms with Gasteiger partial charge in [0.25, 0.3) is 0 Å². The Morgan fingerprint density at radius 1 is 1.25 bits per heavy atom. The van der Waals surface area contributed by atoms with Gasteiger partial charge in [-0.3, -0.25) is 9.59 Å². The number of carbonyl (C=O) groups excluding carboxylic acids is 1. The van der Waals surface area contributed by atoms with E-state index >= 15 is 0 Å². The summed E-state index contributed by atoms with van der Waals surface area (Å²) in [5, 5.41) is 20.9. The number of aliphatic carboxylic acids is 2. The second-order valence-electron chi connectivity index (χ2n) is 5.25. The summed E-state index contributed by atoms with van der Waals surface area (Å²) >= 11 is 0. The standard InChI is InChI=1S/C16H18N2O6/c1-24-18-9-10(11-4-2-3-5-13(11)18)8-14(19)17-12(16(22)23)6-7-15(20)21/h2-5,9,12H,6-8H2,1H3,(H,17,19)(H,20,21)(H,22,23)/t12-/m0/s1. The van der Waals surface area contributed by atoms with Crippen LogP contribution in [0.4, 0.5) is 0 Å². The van der Waals surface area contributed by atoms with E-state index < -0.39 is 23.9 Å². The number of aromatic nitrogens is 1. The van der Waals surface area contributed by atoms with Crippen LogP contribution in [0.15, 0.2) is 30.5 Å². The molecule has 0 saturated heterocycles. The first-order valence-corrected chi connectivity index (χ1v) is 7.29. The predicted octanol–water partition coefficient (Wildman–Crippen LogP) is 0.676. The fourth-order valence-corrected chi connectivity index (χ4v) is 2.45. The van der Waals surface area contributed by atoms with Crippen molar-refractivity contribution in [1.29, 1.82) is 0 Å². The predicted molar refractivity (Wildman–Crippen MR) is 84.6 cm³/mol. The van der Waals surface area contributed by atoms with Crippen molar-refractivity contribution < 1.29 is 29.4 Å². The van der Waals surface area contributed by atoms with Gasteiger partial charge in [-0.05, 0) is 18.1 Å². The molecule has 1 amide bonds. The minimum atomic E-state index is -1.26. The highest BCUT2D eigenvalue weighted by Crippen LogP contribution is 2.20. The zero-order valence-electron chi connectivity index (χ0n) is 13.1. The van der Waals surface area contributed by atoms with Crippen molar-refractivity contribution in [3.63, 3.8) is 0 Å². The maximum atomic E-state index is 12.1. The maximum Gasteiger partial charge on any atom is 0.326 e. The topological polar surface area (TPSA) is 118 Å². The van der Waals surface area contributed by atoms with Crippen molar-refractivity contribution in [3.8, 4) is 0 Å². The van der Waals surface area contributed by atoms with E-state index in [2.05, 4.69) is 5.32 Å². The molecule has 1 aromatic heterocycles. The molecule has 8 heteroatoms. The fourth-order valence-electron chi connectivity index (χ4n) is 2.45. The zero-order chi connectivity index (χ0) is 17.7. The first kappa shape index (κ1) is 17.3. The molecule has 0 aliphatic carbocycles. The Labute approximate surface area is 137 Å². The average molecular weight is 334 g/mol. The summed E-state index contributed by atoms with van der Waals surface area (Å²) < 4.78 is 1.52. The summed E-state index contributed by atoms with van der Waals surface area (Å²) in [6.45, 7) is 0. The first-order chi connectivity index (χ1) is 11.4. The van der Waals surface area contributed by atoms with Crippen LogP contribution < -0.4 is 10.2 Å². The van der Waals surface area contributed by atoms with Gasteiger partial charge in [0, 0.05) is 18.0 Å². The van der Waals surface area contributed by atoms with Crippen LogP contribution in [0.5, 0.6) is 0 Å². The normalized spacial score (nSPS) is 11.9.